The first-order valence-electron chi connectivity index (χ1n) is 9.34. The molecule has 0 N–H and O–H groups in total. The van der Waals surface area contributed by atoms with Gasteiger partial charge in [0.05, 0.1) is 6.61 Å². The maximum absolute atomic E-state index is 12.8. The second kappa shape index (κ2) is 10.6. The number of hydrogen-bond donors (Lipinski definition) is 0. The number of ether oxygens (including phenoxy) is 3. The highest BCUT2D eigenvalue weighted by Crippen LogP contribution is 2.22. The number of esters is 2. The Morgan fingerprint density at radius 1 is 0.967 bits per heavy atom. The van der Waals surface area contributed by atoms with Crippen molar-refractivity contribution in [2.45, 2.75) is 26.4 Å². The third kappa shape index (κ3) is 6.77. The zero-order chi connectivity index (χ0) is 22.1. The van der Waals surface area contributed by atoms with Crippen molar-refractivity contribution in [2.24, 2.45) is 0 Å². The van der Waals surface area contributed by atoms with Crippen LogP contribution in [0.1, 0.15) is 31.1 Å². The van der Waals surface area contributed by atoms with E-state index >= 15 is 0 Å². The number of nitrogens with zero attached hydrogens (tertiary/aromatic N) is 1. The van der Waals surface area contributed by atoms with Crippen LogP contribution in [0, 0.1) is 0 Å². The normalized spacial score (nSPS) is 10.8. The minimum Gasteiger partial charge on any atom is -0.476 e. The van der Waals surface area contributed by atoms with Crippen LogP contribution in [0.2, 0.25) is 5.02 Å². The molecule has 0 radical (unpaired) electrons. The van der Waals surface area contributed by atoms with Crippen molar-refractivity contribution in [2.75, 3.05) is 19.9 Å². The van der Waals surface area contributed by atoms with E-state index in [4.69, 9.17) is 25.8 Å². The molecule has 0 spiro atoms. The van der Waals surface area contributed by atoms with E-state index in [0.717, 1.165) is 4.90 Å². The van der Waals surface area contributed by atoms with Gasteiger partial charge in [-0.3, -0.25) is 14.5 Å². The Morgan fingerprint density at radius 2 is 1.60 bits per heavy atom. The van der Waals surface area contributed by atoms with Gasteiger partial charge >= 0.3 is 11.9 Å². The Balaban J connectivity index is 2.06. The van der Waals surface area contributed by atoms with Gasteiger partial charge in [0.2, 0.25) is 0 Å². The van der Waals surface area contributed by atoms with E-state index in [1.807, 2.05) is 0 Å². The van der Waals surface area contributed by atoms with Crippen LogP contribution in [0.4, 0.5) is 0 Å². The van der Waals surface area contributed by atoms with Gasteiger partial charge in [-0.1, -0.05) is 29.8 Å². The van der Waals surface area contributed by atoms with Gasteiger partial charge in [0.1, 0.15) is 12.3 Å². The van der Waals surface area contributed by atoms with Crippen LogP contribution in [0.25, 0.3) is 0 Å². The lowest BCUT2D eigenvalue weighted by molar-refractivity contribution is -0.164. The number of hydrogen-bond acceptors (Lipinski definition) is 6. The van der Waals surface area contributed by atoms with Crippen molar-refractivity contribution < 1.29 is 28.6 Å². The zero-order valence-electron chi connectivity index (χ0n) is 17.1. The Morgan fingerprint density at radius 3 is 2.20 bits per heavy atom. The lowest BCUT2D eigenvalue weighted by Gasteiger charge is -2.27. The van der Waals surface area contributed by atoms with Crippen molar-refractivity contribution in [3.05, 3.63) is 65.2 Å². The van der Waals surface area contributed by atoms with E-state index in [1.54, 1.807) is 75.4 Å². The molecule has 7 nitrogen and oxygen atoms in total. The molecule has 0 saturated carbocycles. The van der Waals surface area contributed by atoms with Crippen LogP contribution in [0.3, 0.4) is 0 Å². The highest BCUT2D eigenvalue weighted by atomic mass is 35.5. The quantitative estimate of drug-likeness (QED) is 0.443. The van der Waals surface area contributed by atoms with Crippen LogP contribution in [0.15, 0.2) is 54.6 Å². The fourth-order valence-electron chi connectivity index (χ4n) is 2.45. The molecule has 0 fully saturated rings. The Hall–Kier alpha value is -3.06. The van der Waals surface area contributed by atoms with Gasteiger partial charge in [0.25, 0.3) is 5.91 Å². The maximum atomic E-state index is 12.8. The highest BCUT2D eigenvalue weighted by molar-refractivity contribution is 6.30. The molecule has 0 aliphatic rings. The first kappa shape index (κ1) is 23.2. The molecular formula is C22H24ClNO6. The summed E-state index contributed by atoms with van der Waals surface area (Å²) in [7, 11) is 0. The second-order valence-corrected chi connectivity index (χ2v) is 7.24. The van der Waals surface area contributed by atoms with Gasteiger partial charge in [-0.15, -0.1) is 0 Å². The number of rotatable bonds is 9. The number of amides is 1. The van der Waals surface area contributed by atoms with Crippen LogP contribution in [0.5, 0.6) is 5.75 Å². The third-order valence-corrected chi connectivity index (χ3v) is 4.21. The summed E-state index contributed by atoms with van der Waals surface area (Å²) in [6.45, 7) is 4.13. The predicted molar refractivity (Wildman–Crippen MR) is 111 cm³/mol. The summed E-state index contributed by atoms with van der Waals surface area (Å²) >= 11 is 5.85. The van der Waals surface area contributed by atoms with Crippen LogP contribution >= 0.6 is 11.6 Å². The minimum atomic E-state index is -1.33. The van der Waals surface area contributed by atoms with Crippen molar-refractivity contribution >= 4 is 29.4 Å². The Kier molecular flexibility index (Phi) is 8.24. The molecule has 30 heavy (non-hydrogen) atoms. The van der Waals surface area contributed by atoms with Crippen molar-refractivity contribution in [3.63, 3.8) is 0 Å². The Bertz CT molecular complexity index is 867. The van der Waals surface area contributed by atoms with Crippen molar-refractivity contribution in [1.29, 1.82) is 0 Å². The van der Waals surface area contributed by atoms with E-state index in [1.165, 1.54) is 0 Å². The van der Waals surface area contributed by atoms with Crippen LogP contribution in [-0.2, 0) is 19.1 Å². The topological polar surface area (TPSA) is 82.1 Å². The largest absolute Gasteiger partial charge is 0.476 e. The van der Waals surface area contributed by atoms with E-state index in [9.17, 15) is 14.4 Å². The van der Waals surface area contributed by atoms with Gasteiger partial charge < -0.3 is 14.2 Å². The average molecular weight is 434 g/mol. The number of benzene rings is 2. The molecule has 0 unspecified atom stereocenters. The van der Waals surface area contributed by atoms with Crippen molar-refractivity contribution in [3.8, 4) is 5.75 Å². The molecule has 0 aliphatic heterocycles. The fourth-order valence-corrected chi connectivity index (χ4v) is 2.58. The summed E-state index contributed by atoms with van der Waals surface area (Å²) in [6, 6.07) is 14.9. The van der Waals surface area contributed by atoms with Crippen LogP contribution in [-0.4, -0.2) is 48.2 Å². The van der Waals surface area contributed by atoms with Gasteiger partial charge in [-0.2, -0.15) is 0 Å². The molecule has 0 bridgehead atoms. The highest BCUT2D eigenvalue weighted by Gasteiger charge is 2.33. The fraction of sp³-hybridized carbons (Fsp3) is 0.318. The molecule has 2 aromatic carbocycles. The molecule has 2 rings (SSSR count). The lowest BCUT2D eigenvalue weighted by atomic mass is 10.1. The van der Waals surface area contributed by atoms with Gasteiger partial charge in [0.15, 0.2) is 12.3 Å². The molecule has 160 valence electrons. The van der Waals surface area contributed by atoms with Crippen LogP contribution < -0.4 is 4.74 Å². The summed E-state index contributed by atoms with van der Waals surface area (Å²) in [6.07, 6.45) is 0. The second-order valence-electron chi connectivity index (χ2n) is 6.80. The molecule has 0 saturated heterocycles. The van der Waals surface area contributed by atoms with Gasteiger partial charge in [0, 0.05) is 10.6 Å². The minimum absolute atomic E-state index is 0.175. The van der Waals surface area contributed by atoms with Gasteiger partial charge in [-0.25, -0.2) is 4.79 Å². The van der Waals surface area contributed by atoms with E-state index < -0.39 is 30.2 Å². The summed E-state index contributed by atoms with van der Waals surface area (Å²) in [5.74, 6) is -1.33. The predicted octanol–water partition coefficient (Wildman–Crippen LogP) is 3.70. The number of carbonyl (C=O) groups excluding carboxylic acids is 3. The van der Waals surface area contributed by atoms with Crippen molar-refractivity contribution in [1.82, 2.24) is 4.90 Å². The summed E-state index contributed by atoms with van der Waals surface area (Å²) in [5.41, 5.74) is -0.978. The standard InChI is InChI=1S/C22H24ClNO6/c1-4-28-19(25)14-24(20(26)16-8-6-5-7-9-16)15-29-21(27)22(2,3)30-18-12-10-17(23)11-13-18/h5-13H,4,14-15H2,1-3H3. The van der Waals surface area contributed by atoms with E-state index in [0.29, 0.717) is 16.3 Å². The zero-order valence-corrected chi connectivity index (χ0v) is 17.8. The monoisotopic (exact) mass is 433 g/mol. The summed E-state index contributed by atoms with van der Waals surface area (Å²) in [5, 5.41) is 0.539. The third-order valence-electron chi connectivity index (χ3n) is 3.96. The summed E-state index contributed by atoms with van der Waals surface area (Å²) < 4.78 is 15.9. The molecular weight excluding hydrogens is 410 g/mol. The molecule has 0 aromatic heterocycles. The lowest BCUT2D eigenvalue weighted by Crippen LogP contribution is -2.44. The molecule has 0 aliphatic carbocycles. The smallest absolute Gasteiger partial charge is 0.351 e. The maximum Gasteiger partial charge on any atom is 0.351 e. The first-order chi connectivity index (χ1) is 14.2. The molecule has 0 heterocycles. The molecule has 8 heteroatoms. The van der Waals surface area contributed by atoms with Gasteiger partial charge in [-0.05, 0) is 57.2 Å². The average Bonchev–Trinajstić information content (AvgIpc) is 2.72. The molecule has 1 amide bonds. The van der Waals surface area contributed by atoms with E-state index in [-0.39, 0.29) is 13.2 Å². The Labute approximate surface area is 180 Å². The number of carbonyl (C=O) groups is 3. The SMILES string of the molecule is CCOC(=O)CN(COC(=O)C(C)(C)Oc1ccc(Cl)cc1)C(=O)c1ccccc1. The number of halogens is 1. The molecule has 2 aromatic rings. The summed E-state index contributed by atoms with van der Waals surface area (Å²) in [4.78, 5) is 38.3. The first-order valence-corrected chi connectivity index (χ1v) is 9.72. The molecule has 0 atom stereocenters. The van der Waals surface area contributed by atoms with E-state index in [2.05, 4.69) is 0 Å².